The Morgan fingerprint density at radius 2 is 1.82 bits per heavy atom. The van der Waals surface area contributed by atoms with Crippen molar-refractivity contribution in [3.05, 3.63) is 35.5 Å². The van der Waals surface area contributed by atoms with E-state index in [0.29, 0.717) is 12.8 Å². The topological polar surface area (TPSA) is 71.6 Å². The molecule has 0 fully saturated rings. The molecule has 6 nitrogen and oxygen atoms in total. The van der Waals surface area contributed by atoms with E-state index in [1.54, 1.807) is 13.8 Å². The highest BCUT2D eigenvalue weighted by Crippen LogP contribution is 2.37. The molecule has 0 saturated carbocycles. The first-order chi connectivity index (χ1) is 13.6. The van der Waals surface area contributed by atoms with Gasteiger partial charge in [-0.3, -0.25) is 14.5 Å². The van der Waals surface area contributed by atoms with Crippen LogP contribution >= 0.6 is 0 Å². The molecule has 1 N–H and O–H groups in total. The lowest BCUT2D eigenvalue weighted by Crippen LogP contribution is -2.36. The van der Waals surface area contributed by atoms with E-state index < -0.39 is 17.9 Å². The monoisotopic (exact) mass is 386 g/mol. The van der Waals surface area contributed by atoms with Crippen molar-refractivity contribution in [2.45, 2.75) is 46.1 Å². The zero-order valence-electron chi connectivity index (χ0n) is 17.0. The summed E-state index contributed by atoms with van der Waals surface area (Å²) in [6.45, 7) is 8.04. The van der Waals surface area contributed by atoms with Crippen molar-refractivity contribution >= 4 is 22.8 Å². The number of esters is 2. The Balaban J connectivity index is 1.84. The number of carbonyl (C=O) groups excluding carboxylic acids is 2. The summed E-state index contributed by atoms with van der Waals surface area (Å²) < 4.78 is 10.2. The van der Waals surface area contributed by atoms with Gasteiger partial charge in [-0.1, -0.05) is 25.1 Å². The number of rotatable bonds is 8. The molecule has 2 heterocycles. The molecule has 0 aliphatic carbocycles. The van der Waals surface area contributed by atoms with Crippen LogP contribution in [0.3, 0.4) is 0 Å². The number of aromatic amines is 1. The molecule has 0 spiro atoms. The fraction of sp³-hybridized carbons (Fsp3) is 0.545. The van der Waals surface area contributed by atoms with E-state index in [-0.39, 0.29) is 19.3 Å². The standard InChI is InChI=1S/C22H30N2O4/c1-4-24-14-13-16-15-9-7-8-10-18(15)23-20(16)19(24)12-11-17(21(25)27-5-2)22(26)28-6-3/h7-10,17,19,23H,4-6,11-14H2,1-3H3. The van der Waals surface area contributed by atoms with Crippen molar-refractivity contribution in [3.63, 3.8) is 0 Å². The van der Waals surface area contributed by atoms with Gasteiger partial charge in [0.15, 0.2) is 5.92 Å². The fourth-order valence-electron chi connectivity index (χ4n) is 4.22. The first kappa shape index (κ1) is 20.4. The quantitative estimate of drug-likeness (QED) is 0.554. The van der Waals surface area contributed by atoms with E-state index in [4.69, 9.17) is 9.47 Å². The lowest BCUT2D eigenvalue weighted by Gasteiger charge is -2.35. The Morgan fingerprint density at radius 1 is 1.14 bits per heavy atom. The molecule has 2 aromatic rings. The number of hydrogen-bond donors (Lipinski definition) is 1. The van der Waals surface area contributed by atoms with Gasteiger partial charge in [0.1, 0.15) is 0 Å². The number of aromatic nitrogens is 1. The van der Waals surface area contributed by atoms with Crippen LogP contribution in [0.5, 0.6) is 0 Å². The zero-order valence-corrected chi connectivity index (χ0v) is 17.0. The number of nitrogens with zero attached hydrogens (tertiary/aromatic N) is 1. The fourth-order valence-corrected chi connectivity index (χ4v) is 4.22. The third kappa shape index (κ3) is 4.07. The molecule has 1 aliphatic heterocycles. The normalized spacial score (nSPS) is 16.9. The Labute approximate surface area is 166 Å². The van der Waals surface area contributed by atoms with Gasteiger partial charge in [-0.05, 0) is 51.3 Å². The molecule has 28 heavy (non-hydrogen) atoms. The van der Waals surface area contributed by atoms with Crippen molar-refractivity contribution in [1.29, 1.82) is 0 Å². The van der Waals surface area contributed by atoms with Crippen molar-refractivity contribution < 1.29 is 19.1 Å². The Kier molecular flexibility index (Phi) is 6.73. The Bertz CT molecular complexity index is 811. The Hall–Kier alpha value is -2.34. The summed E-state index contributed by atoms with van der Waals surface area (Å²) in [6.07, 6.45) is 2.10. The van der Waals surface area contributed by atoms with Crippen LogP contribution in [0.25, 0.3) is 10.9 Å². The summed E-state index contributed by atoms with van der Waals surface area (Å²) in [7, 11) is 0. The molecular formula is C22H30N2O4. The van der Waals surface area contributed by atoms with Gasteiger partial charge in [-0.25, -0.2) is 0 Å². The molecule has 1 aromatic carbocycles. The molecule has 0 saturated heterocycles. The highest BCUT2D eigenvalue weighted by Gasteiger charge is 2.34. The highest BCUT2D eigenvalue weighted by molar-refractivity contribution is 5.94. The second kappa shape index (κ2) is 9.24. The summed E-state index contributed by atoms with van der Waals surface area (Å²) >= 11 is 0. The minimum absolute atomic E-state index is 0.146. The number of H-pyrrole nitrogens is 1. The summed E-state index contributed by atoms with van der Waals surface area (Å²) in [6, 6.07) is 8.50. The average Bonchev–Trinajstić information content (AvgIpc) is 3.07. The lowest BCUT2D eigenvalue weighted by molar-refractivity contribution is -0.162. The van der Waals surface area contributed by atoms with Crippen LogP contribution in [-0.2, 0) is 25.5 Å². The summed E-state index contributed by atoms with van der Waals surface area (Å²) in [4.78, 5) is 30.6. The maximum Gasteiger partial charge on any atom is 0.320 e. The molecular weight excluding hydrogens is 356 g/mol. The number of nitrogens with one attached hydrogen (secondary N) is 1. The average molecular weight is 386 g/mol. The van der Waals surface area contributed by atoms with Crippen LogP contribution in [-0.4, -0.2) is 48.1 Å². The molecule has 1 aliphatic rings. The first-order valence-electron chi connectivity index (χ1n) is 10.3. The summed E-state index contributed by atoms with van der Waals surface area (Å²) in [5, 5.41) is 1.27. The van der Waals surface area contributed by atoms with Gasteiger partial charge in [0.05, 0.1) is 19.3 Å². The number of fused-ring (bicyclic) bond motifs is 3. The SMILES string of the molecule is CCOC(=O)C(CCC1c2[nH]c3ccccc3c2CCN1CC)C(=O)OCC. The van der Waals surface area contributed by atoms with Crippen LogP contribution in [0.1, 0.15) is 50.9 Å². The number of likely N-dealkylation sites (N-methyl/N-ethyl adjacent to an activating group) is 1. The van der Waals surface area contributed by atoms with Crippen LogP contribution < -0.4 is 0 Å². The van der Waals surface area contributed by atoms with Gasteiger partial charge in [0.25, 0.3) is 0 Å². The van der Waals surface area contributed by atoms with Gasteiger partial charge in [0, 0.05) is 23.1 Å². The number of hydrogen-bond acceptors (Lipinski definition) is 5. The number of ether oxygens (including phenoxy) is 2. The minimum atomic E-state index is -0.867. The third-order valence-corrected chi connectivity index (χ3v) is 5.55. The Morgan fingerprint density at radius 3 is 2.46 bits per heavy atom. The molecule has 152 valence electrons. The maximum atomic E-state index is 12.3. The molecule has 1 atom stereocenters. The predicted octanol–water partition coefficient (Wildman–Crippen LogP) is 3.61. The molecule has 3 rings (SSSR count). The van der Waals surface area contributed by atoms with Crippen LogP contribution in [0.15, 0.2) is 24.3 Å². The van der Waals surface area contributed by atoms with Gasteiger partial charge < -0.3 is 14.5 Å². The molecule has 0 bridgehead atoms. The van der Waals surface area contributed by atoms with E-state index >= 15 is 0 Å². The summed E-state index contributed by atoms with van der Waals surface area (Å²) in [5.41, 5.74) is 3.71. The lowest BCUT2D eigenvalue weighted by atomic mass is 9.91. The van der Waals surface area contributed by atoms with E-state index in [0.717, 1.165) is 25.0 Å². The van der Waals surface area contributed by atoms with Gasteiger partial charge in [-0.2, -0.15) is 0 Å². The number of benzene rings is 1. The van der Waals surface area contributed by atoms with Crippen LogP contribution in [0.4, 0.5) is 0 Å². The third-order valence-electron chi connectivity index (χ3n) is 5.55. The first-order valence-corrected chi connectivity index (χ1v) is 10.3. The molecule has 1 aromatic heterocycles. The van der Waals surface area contributed by atoms with Gasteiger partial charge in [-0.15, -0.1) is 0 Å². The van der Waals surface area contributed by atoms with Crippen LogP contribution in [0.2, 0.25) is 0 Å². The maximum absolute atomic E-state index is 12.3. The molecule has 1 unspecified atom stereocenters. The van der Waals surface area contributed by atoms with Crippen molar-refractivity contribution in [2.75, 3.05) is 26.3 Å². The van der Waals surface area contributed by atoms with E-state index in [1.807, 2.05) is 6.07 Å². The minimum Gasteiger partial charge on any atom is -0.465 e. The smallest absolute Gasteiger partial charge is 0.320 e. The number of carbonyl (C=O) groups is 2. The van der Waals surface area contributed by atoms with E-state index in [9.17, 15) is 9.59 Å². The van der Waals surface area contributed by atoms with E-state index in [1.165, 1.54) is 16.6 Å². The second-order valence-electron chi connectivity index (χ2n) is 7.09. The second-order valence-corrected chi connectivity index (χ2v) is 7.09. The zero-order chi connectivity index (χ0) is 20.1. The highest BCUT2D eigenvalue weighted by atomic mass is 16.6. The van der Waals surface area contributed by atoms with Crippen molar-refractivity contribution in [1.82, 2.24) is 9.88 Å². The van der Waals surface area contributed by atoms with Crippen molar-refractivity contribution in [2.24, 2.45) is 5.92 Å². The van der Waals surface area contributed by atoms with Gasteiger partial charge >= 0.3 is 11.9 Å². The van der Waals surface area contributed by atoms with Gasteiger partial charge in [0.2, 0.25) is 0 Å². The summed E-state index contributed by atoms with van der Waals surface area (Å²) in [5.74, 6) is -1.85. The van der Waals surface area contributed by atoms with E-state index in [2.05, 4.69) is 35.0 Å². The van der Waals surface area contributed by atoms with Crippen LogP contribution in [0, 0.1) is 5.92 Å². The van der Waals surface area contributed by atoms with Crippen molar-refractivity contribution in [3.8, 4) is 0 Å². The molecule has 0 amide bonds. The molecule has 6 heteroatoms. The predicted molar refractivity (Wildman–Crippen MR) is 108 cm³/mol. The molecule has 0 radical (unpaired) electrons. The number of para-hydroxylation sites is 1. The largest absolute Gasteiger partial charge is 0.465 e.